The van der Waals surface area contributed by atoms with E-state index in [2.05, 4.69) is 15.5 Å². The number of benzene rings is 2. The van der Waals surface area contributed by atoms with E-state index in [-0.39, 0.29) is 29.1 Å². The largest absolute Gasteiger partial charge is 0.312 e. The molecule has 1 atom stereocenters. The summed E-state index contributed by atoms with van der Waals surface area (Å²) in [5.74, 6) is -1.77. The third-order valence-corrected chi connectivity index (χ3v) is 8.09. The Morgan fingerprint density at radius 3 is 2.70 bits per heavy atom. The smallest absolute Gasteiger partial charge is 0.241 e. The Kier molecular flexibility index (Phi) is 6.78. The summed E-state index contributed by atoms with van der Waals surface area (Å²) in [4.78, 5) is 26.5. The highest BCUT2D eigenvalue weighted by atomic mass is 35.5. The number of carbonyl (C=O) groups is 2. The molecule has 1 aromatic heterocycles. The molecule has 1 saturated heterocycles. The van der Waals surface area contributed by atoms with Gasteiger partial charge in [0.15, 0.2) is 9.84 Å². The van der Waals surface area contributed by atoms with Gasteiger partial charge in [-0.1, -0.05) is 59.3 Å². The highest BCUT2D eigenvalue weighted by molar-refractivity contribution is 7.91. The molecule has 1 unspecified atom stereocenters. The van der Waals surface area contributed by atoms with Crippen LogP contribution in [0.3, 0.4) is 0 Å². The number of hydrogen-bond acceptors (Lipinski definition) is 7. The first-order chi connectivity index (χ1) is 15.7. The zero-order chi connectivity index (χ0) is 23.6. The van der Waals surface area contributed by atoms with E-state index in [9.17, 15) is 18.0 Å². The number of nitrogens with zero attached hydrogens (tertiary/aromatic N) is 3. The Labute approximate surface area is 200 Å². The highest BCUT2D eigenvalue weighted by Crippen LogP contribution is 2.35. The van der Waals surface area contributed by atoms with Crippen molar-refractivity contribution >= 4 is 55.4 Å². The maximum Gasteiger partial charge on any atom is 0.241 e. The Morgan fingerprint density at radius 2 is 1.97 bits per heavy atom. The first-order valence-corrected chi connectivity index (χ1v) is 13.2. The van der Waals surface area contributed by atoms with Crippen LogP contribution < -0.4 is 10.2 Å². The van der Waals surface area contributed by atoms with E-state index in [1.54, 1.807) is 41.3 Å². The van der Waals surface area contributed by atoms with Gasteiger partial charge in [-0.2, -0.15) is 0 Å². The molecular weight excluding hydrogens is 484 g/mol. The third-order valence-electron chi connectivity index (χ3n) is 5.21. The number of amides is 2. The van der Waals surface area contributed by atoms with Crippen molar-refractivity contribution in [1.82, 2.24) is 10.2 Å². The monoisotopic (exact) mass is 504 g/mol. The Morgan fingerprint density at radius 1 is 1.21 bits per heavy atom. The van der Waals surface area contributed by atoms with Crippen molar-refractivity contribution in [2.75, 3.05) is 22.5 Å². The predicted octanol–water partition coefficient (Wildman–Crippen LogP) is 3.57. The van der Waals surface area contributed by atoms with E-state index in [1.165, 1.54) is 0 Å². The Balaban J connectivity index is 1.37. The average Bonchev–Trinajstić information content (AvgIpc) is 3.36. The van der Waals surface area contributed by atoms with Gasteiger partial charge >= 0.3 is 0 Å². The molecule has 0 saturated carbocycles. The summed E-state index contributed by atoms with van der Waals surface area (Å²) in [6, 6.07) is 14.2. The maximum atomic E-state index is 12.5. The van der Waals surface area contributed by atoms with Gasteiger partial charge in [0, 0.05) is 29.6 Å². The second-order valence-corrected chi connectivity index (χ2v) is 11.3. The van der Waals surface area contributed by atoms with Crippen molar-refractivity contribution in [1.29, 1.82) is 0 Å². The lowest BCUT2D eigenvalue weighted by Crippen LogP contribution is -2.24. The zero-order valence-corrected chi connectivity index (χ0v) is 20.1. The minimum absolute atomic E-state index is 0.0484. The van der Waals surface area contributed by atoms with E-state index < -0.39 is 21.5 Å². The second-order valence-electron chi connectivity index (χ2n) is 7.85. The van der Waals surface area contributed by atoms with Gasteiger partial charge < -0.3 is 4.90 Å². The number of rotatable bonds is 7. The molecule has 3 aromatic rings. The maximum absolute atomic E-state index is 12.5. The normalized spacial score (nSPS) is 16.2. The van der Waals surface area contributed by atoms with Crippen molar-refractivity contribution in [3.63, 3.8) is 0 Å². The molecule has 8 nitrogen and oxygen atoms in total. The van der Waals surface area contributed by atoms with Gasteiger partial charge in [-0.25, -0.2) is 8.42 Å². The molecular formula is C22H21ClN4O4S2. The average molecular weight is 505 g/mol. The van der Waals surface area contributed by atoms with Gasteiger partial charge in [0.1, 0.15) is 10.8 Å². The van der Waals surface area contributed by atoms with E-state index in [4.69, 9.17) is 11.6 Å². The molecule has 1 aliphatic rings. The van der Waals surface area contributed by atoms with Crippen LogP contribution >= 0.6 is 22.9 Å². The van der Waals surface area contributed by atoms with Crippen LogP contribution in [0.1, 0.15) is 28.5 Å². The fourth-order valence-corrected chi connectivity index (χ4v) is 5.86. The topological polar surface area (TPSA) is 109 Å². The van der Waals surface area contributed by atoms with Crippen LogP contribution in [0.15, 0.2) is 48.5 Å². The molecule has 0 spiro atoms. The molecule has 2 heterocycles. The van der Waals surface area contributed by atoms with Gasteiger partial charge in [0.2, 0.25) is 16.9 Å². The van der Waals surface area contributed by atoms with Gasteiger partial charge in [-0.15, -0.1) is 10.2 Å². The summed E-state index contributed by atoms with van der Waals surface area (Å²) in [6.07, 6.45) is 0.263. The molecule has 2 aromatic carbocycles. The van der Waals surface area contributed by atoms with Crippen LogP contribution in [0, 0.1) is 6.92 Å². The highest BCUT2D eigenvalue weighted by Gasteiger charge is 2.34. The quantitative estimate of drug-likeness (QED) is 0.526. The first kappa shape index (κ1) is 23.3. The van der Waals surface area contributed by atoms with Crippen LogP contribution in [0.4, 0.5) is 10.8 Å². The van der Waals surface area contributed by atoms with Crippen LogP contribution in [0.25, 0.3) is 0 Å². The Bertz CT molecular complexity index is 1290. The molecule has 0 radical (unpaired) electrons. The SMILES string of the molecule is Cc1ccc(N2CC(c3nnc(NC(=O)CS(=O)(=O)Cc4ccccc4)s3)CC2=O)cc1Cl. The first-order valence-electron chi connectivity index (χ1n) is 10.1. The van der Waals surface area contributed by atoms with E-state index in [0.29, 0.717) is 22.1 Å². The lowest BCUT2D eigenvalue weighted by Gasteiger charge is -2.17. The van der Waals surface area contributed by atoms with E-state index >= 15 is 0 Å². The van der Waals surface area contributed by atoms with Crippen LogP contribution in [0.5, 0.6) is 0 Å². The molecule has 1 fully saturated rings. The summed E-state index contributed by atoms with van der Waals surface area (Å²) in [5.41, 5.74) is 2.27. The van der Waals surface area contributed by atoms with Crippen LogP contribution in [-0.4, -0.2) is 42.7 Å². The van der Waals surface area contributed by atoms with Crippen LogP contribution in [0.2, 0.25) is 5.02 Å². The lowest BCUT2D eigenvalue weighted by atomic mass is 10.1. The van der Waals surface area contributed by atoms with E-state index in [0.717, 1.165) is 22.6 Å². The van der Waals surface area contributed by atoms with E-state index in [1.807, 2.05) is 19.1 Å². The number of carbonyl (C=O) groups excluding carboxylic acids is 2. The number of aromatic nitrogens is 2. The van der Waals surface area contributed by atoms with Crippen molar-refractivity contribution in [3.8, 4) is 0 Å². The fourth-order valence-electron chi connectivity index (χ4n) is 3.56. The Hall–Kier alpha value is -2.82. The predicted molar refractivity (Wildman–Crippen MR) is 128 cm³/mol. The molecule has 33 heavy (non-hydrogen) atoms. The number of nitrogens with one attached hydrogen (secondary N) is 1. The van der Waals surface area contributed by atoms with Gasteiger partial charge in [0.05, 0.1) is 5.75 Å². The third kappa shape index (κ3) is 5.76. The van der Waals surface area contributed by atoms with Gasteiger partial charge in [-0.05, 0) is 30.2 Å². The van der Waals surface area contributed by atoms with Crippen LogP contribution in [-0.2, 0) is 25.2 Å². The van der Waals surface area contributed by atoms with Crippen molar-refractivity contribution in [2.24, 2.45) is 0 Å². The minimum Gasteiger partial charge on any atom is -0.312 e. The molecule has 1 aliphatic heterocycles. The summed E-state index contributed by atoms with van der Waals surface area (Å²) >= 11 is 7.33. The molecule has 0 aliphatic carbocycles. The van der Waals surface area contributed by atoms with Gasteiger partial charge in [-0.3, -0.25) is 14.9 Å². The number of aryl methyl sites for hydroxylation is 1. The summed E-state index contributed by atoms with van der Waals surface area (Å²) < 4.78 is 24.6. The van der Waals surface area contributed by atoms with Crippen molar-refractivity contribution in [3.05, 3.63) is 69.7 Å². The fraction of sp³-hybridized carbons (Fsp3) is 0.273. The molecule has 1 N–H and O–H groups in total. The van der Waals surface area contributed by atoms with Crippen molar-refractivity contribution < 1.29 is 18.0 Å². The summed E-state index contributed by atoms with van der Waals surface area (Å²) in [5, 5.41) is 12.0. The zero-order valence-electron chi connectivity index (χ0n) is 17.7. The molecule has 172 valence electrons. The number of hydrogen-bond donors (Lipinski definition) is 1. The molecule has 2 amide bonds. The molecule has 11 heteroatoms. The van der Waals surface area contributed by atoms with Gasteiger partial charge in [0.25, 0.3) is 0 Å². The molecule has 4 rings (SSSR count). The van der Waals surface area contributed by atoms with Crippen molar-refractivity contribution in [2.45, 2.75) is 25.0 Å². The second kappa shape index (κ2) is 9.58. The standard InChI is InChI=1S/C22H21ClN4O4S2/c1-14-7-8-17(10-18(14)23)27-11-16(9-20(27)29)21-25-26-22(32-21)24-19(28)13-33(30,31)12-15-5-3-2-4-6-15/h2-8,10,16H,9,11-13H2,1H3,(H,24,26,28). The number of halogens is 1. The number of anilines is 2. The molecule has 0 bridgehead atoms. The summed E-state index contributed by atoms with van der Waals surface area (Å²) in [6.45, 7) is 2.32. The minimum atomic E-state index is -3.63. The summed E-state index contributed by atoms with van der Waals surface area (Å²) in [7, 11) is -3.63. The number of sulfone groups is 1. The lowest BCUT2D eigenvalue weighted by molar-refractivity contribution is -0.117.